The highest BCUT2D eigenvalue weighted by Gasteiger charge is 2.51. The molecule has 2 aromatic rings. The molecule has 9 nitrogen and oxygen atoms in total. The number of aliphatic hydroxyl groups excluding tert-OH is 1. The minimum atomic E-state index is -4.67. The number of nitrogens with zero attached hydrogens (tertiary/aromatic N) is 3. The predicted molar refractivity (Wildman–Crippen MR) is 107 cm³/mol. The highest BCUT2D eigenvalue weighted by Crippen LogP contribution is 2.35. The van der Waals surface area contributed by atoms with E-state index < -0.39 is 60.0 Å². The minimum absolute atomic E-state index is 0.0126. The van der Waals surface area contributed by atoms with Crippen molar-refractivity contribution < 1.29 is 41.3 Å². The molecule has 1 fully saturated rings. The van der Waals surface area contributed by atoms with Gasteiger partial charge in [-0.05, 0) is 24.3 Å². The lowest BCUT2D eigenvalue weighted by atomic mass is 10.0. The summed E-state index contributed by atoms with van der Waals surface area (Å²) in [5.74, 6) is -0.716. The van der Waals surface area contributed by atoms with Crippen molar-refractivity contribution in [1.29, 1.82) is 5.26 Å². The number of pyridine rings is 1. The molecule has 14 heteroatoms. The lowest BCUT2D eigenvalue weighted by Gasteiger charge is -2.27. The summed E-state index contributed by atoms with van der Waals surface area (Å²) in [5, 5.41) is 29.4. The number of aromatic nitrogens is 1. The van der Waals surface area contributed by atoms with Crippen LogP contribution in [0.25, 0.3) is 0 Å². The molecule has 0 spiro atoms. The number of halogens is 4. The van der Waals surface area contributed by atoms with Crippen molar-refractivity contribution in [3.63, 3.8) is 0 Å². The third-order valence-electron chi connectivity index (χ3n) is 4.73. The number of ether oxygens (including phenoxy) is 2. The second-order valence-electron chi connectivity index (χ2n) is 7.16. The van der Waals surface area contributed by atoms with Crippen LogP contribution in [0.2, 0.25) is 5.02 Å². The summed E-state index contributed by atoms with van der Waals surface area (Å²) in [6.45, 7) is -3.61. The Hall–Kier alpha value is -2.63. The van der Waals surface area contributed by atoms with Gasteiger partial charge in [-0.25, -0.2) is 13.4 Å². The van der Waals surface area contributed by atoms with Crippen LogP contribution in [-0.2, 0) is 10.0 Å². The van der Waals surface area contributed by atoms with Gasteiger partial charge in [0.25, 0.3) is 10.0 Å². The van der Waals surface area contributed by atoms with Gasteiger partial charge in [0.05, 0.1) is 29.8 Å². The Labute approximate surface area is 191 Å². The van der Waals surface area contributed by atoms with Gasteiger partial charge in [-0.15, -0.1) is 0 Å². The standard InChI is InChI=1S/C19H17ClF3N3O6S/c20-13-2-4-17(25-7-13)33(29,30)26-8-16(18(28,9-26)10-27)32-14-3-1-12(6-24)5-15(14)31-11-19(21,22)23/h1-5,7,16,27-28H,8-11H2/t16-,18+/m0/s1. The number of hydrogen-bond donors (Lipinski definition) is 2. The molecule has 2 N–H and O–H groups in total. The van der Waals surface area contributed by atoms with Crippen LogP contribution in [-0.4, -0.2) is 72.1 Å². The topological polar surface area (TPSA) is 133 Å². The summed E-state index contributed by atoms with van der Waals surface area (Å²) in [6.07, 6.45) is -4.93. The second kappa shape index (κ2) is 9.32. The maximum absolute atomic E-state index is 12.9. The molecule has 0 radical (unpaired) electrons. The van der Waals surface area contributed by atoms with E-state index in [4.69, 9.17) is 26.3 Å². The quantitative estimate of drug-likeness (QED) is 0.579. The fourth-order valence-electron chi connectivity index (χ4n) is 3.06. The number of hydrogen-bond acceptors (Lipinski definition) is 8. The Balaban J connectivity index is 1.89. The number of aliphatic hydroxyl groups is 2. The average Bonchev–Trinajstić information content (AvgIpc) is 3.10. The third kappa shape index (κ3) is 5.66. The molecule has 1 saturated heterocycles. The van der Waals surface area contributed by atoms with Crippen molar-refractivity contribution in [3.05, 3.63) is 47.1 Å². The van der Waals surface area contributed by atoms with Crippen molar-refractivity contribution in [2.45, 2.75) is 22.9 Å². The van der Waals surface area contributed by atoms with Crippen LogP contribution >= 0.6 is 11.6 Å². The highest BCUT2D eigenvalue weighted by atomic mass is 35.5. The Morgan fingerprint density at radius 2 is 2.03 bits per heavy atom. The monoisotopic (exact) mass is 507 g/mol. The van der Waals surface area contributed by atoms with Crippen LogP contribution < -0.4 is 9.47 Å². The zero-order valence-corrected chi connectivity index (χ0v) is 18.2. The molecule has 2 heterocycles. The van der Waals surface area contributed by atoms with Gasteiger partial charge in [-0.1, -0.05) is 11.6 Å². The van der Waals surface area contributed by atoms with Gasteiger partial charge in [0.15, 0.2) is 23.1 Å². The zero-order valence-electron chi connectivity index (χ0n) is 16.7. The molecule has 0 unspecified atom stereocenters. The predicted octanol–water partition coefficient (Wildman–Crippen LogP) is 1.72. The molecule has 1 aromatic heterocycles. The van der Waals surface area contributed by atoms with E-state index in [2.05, 4.69) is 4.98 Å². The zero-order chi connectivity index (χ0) is 24.4. The summed E-state index contributed by atoms with van der Waals surface area (Å²) < 4.78 is 74.8. The molecule has 1 aliphatic heterocycles. The van der Waals surface area contributed by atoms with E-state index in [-0.39, 0.29) is 21.4 Å². The lowest BCUT2D eigenvalue weighted by Crippen LogP contribution is -2.48. The number of sulfonamides is 1. The van der Waals surface area contributed by atoms with Crippen LogP contribution in [0.15, 0.2) is 41.6 Å². The summed E-state index contributed by atoms with van der Waals surface area (Å²) in [4.78, 5) is 3.75. The number of nitriles is 1. The molecule has 33 heavy (non-hydrogen) atoms. The first-order valence-corrected chi connectivity index (χ1v) is 11.0. The van der Waals surface area contributed by atoms with E-state index in [9.17, 15) is 31.8 Å². The summed E-state index contributed by atoms with van der Waals surface area (Å²) >= 11 is 5.73. The Bertz CT molecular complexity index is 1160. The fraction of sp³-hybridized carbons (Fsp3) is 0.368. The van der Waals surface area contributed by atoms with Crippen LogP contribution in [0, 0.1) is 11.3 Å². The number of alkyl halides is 3. The number of benzene rings is 1. The van der Waals surface area contributed by atoms with E-state index >= 15 is 0 Å². The van der Waals surface area contributed by atoms with Crippen LogP contribution in [0.5, 0.6) is 11.5 Å². The fourth-order valence-corrected chi connectivity index (χ4v) is 4.58. The van der Waals surface area contributed by atoms with E-state index in [0.717, 1.165) is 28.7 Å². The number of β-amino-alcohol motifs (C(OH)–C–C–N with tert-alkyl or cyclic N) is 1. The largest absolute Gasteiger partial charge is 0.482 e. The van der Waals surface area contributed by atoms with Crippen LogP contribution in [0.1, 0.15) is 5.56 Å². The molecule has 0 saturated carbocycles. The molecule has 1 aliphatic rings. The van der Waals surface area contributed by atoms with Crippen molar-refractivity contribution in [1.82, 2.24) is 9.29 Å². The molecule has 2 atom stereocenters. The van der Waals surface area contributed by atoms with Crippen molar-refractivity contribution in [3.8, 4) is 17.6 Å². The first-order chi connectivity index (χ1) is 15.4. The Morgan fingerprint density at radius 1 is 1.30 bits per heavy atom. The van der Waals surface area contributed by atoms with Gasteiger partial charge in [0.2, 0.25) is 0 Å². The SMILES string of the molecule is N#Cc1ccc(O[C@H]2CN(S(=O)(=O)c3ccc(Cl)cn3)C[C@@]2(O)CO)c(OCC(F)(F)F)c1. The van der Waals surface area contributed by atoms with Gasteiger partial charge in [0.1, 0.15) is 11.7 Å². The molecular weight excluding hydrogens is 491 g/mol. The van der Waals surface area contributed by atoms with Crippen molar-refractivity contribution >= 4 is 21.6 Å². The molecule has 3 rings (SSSR count). The maximum Gasteiger partial charge on any atom is 0.422 e. The average molecular weight is 508 g/mol. The van der Waals surface area contributed by atoms with Crippen molar-refractivity contribution in [2.75, 3.05) is 26.3 Å². The highest BCUT2D eigenvalue weighted by molar-refractivity contribution is 7.89. The molecule has 0 bridgehead atoms. The first-order valence-electron chi connectivity index (χ1n) is 9.23. The van der Waals surface area contributed by atoms with Gasteiger partial charge in [-0.2, -0.15) is 22.7 Å². The second-order valence-corrected chi connectivity index (χ2v) is 9.48. The number of rotatable bonds is 7. The summed E-state index contributed by atoms with van der Waals surface area (Å²) in [7, 11) is -4.22. The van der Waals surface area contributed by atoms with E-state index in [1.807, 2.05) is 0 Å². The van der Waals surface area contributed by atoms with Gasteiger partial charge < -0.3 is 19.7 Å². The lowest BCUT2D eigenvalue weighted by molar-refractivity contribution is -0.153. The third-order valence-corrected chi connectivity index (χ3v) is 6.68. The minimum Gasteiger partial charge on any atom is -0.482 e. The van der Waals surface area contributed by atoms with Gasteiger partial charge in [0, 0.05) is 18.8 Å². The van der Waals surface area contributed by atoms with Crippen LogP contribution in [0.3, 0.4) is 0 Å². The molecule has 178 valence electrons. The molecule has 0 aliphatic carbocycles. The smallest absolute Gasteiger partial charge is 0.422 e. The summed E-state index contributed by atoms with van der Waals surface area (Å²) in [6, 6.07) is 7.63. The van der Waals surface area contributed by atoms with E-state index in [0.29, 0.717) is 0 Å². The van der Waals surface area contributed by atoms with Gasteiger partial charge >= 0.3 is 6.18 Å². The molecule has 0 amide bonds. The van der Waals surface area contributed by atoms with Crippen LogP contribution in [0.4, 0.5) is 13.2 Å². The van der Waals surface area contributed by atoms with E-state index in [1.54, 1.807) is 6.07 Å². The van der Waals surface area contributed by atoms with Gasteiger partial charge in [-0.3, -0.25) is 0 Å². The Morgan fingerprint density at radius 3 is 2.61 bits per heavy atom. The normalized spacial score (nSPS) is 21.5. The van der Waals surface area contributed by atoms with E-state index in [1.165, 1.54) is 12.1 Å². The maximum atomic E-state index is 12.9. The summed E-state index contributed by atoms with van der Waals surface area (Å²) in [5.41, 5.74) is -2.10. The molecule has 1 aromatic carbocycles. The molecular formula is C19H17ClF3N3O6S. The first kappa shape index (κ1) is 25.0. The Kier molecular flexibility index (Phi) is 7.06. The van der Waals surface area contributed by atoms with Crippen molar-refractivity contribution in [2.24, 2.45) is 0 Å².